The summed E-state index contributed by atoms with van der Waals surface area (Å²) in [6.45, 7) is 5.97. The van der Waals surface area contributed by atoms with E-state index in [0.29, 0.717) is 18.5 Å². The molecular weight excluding hydrogens is 231 g/mol. The van der Waals surface area contributed by atoms with Gasteiger partial charge in [-0.2, -0.15) is 0 Å². The van der Waals surface area contributed by atoms with Gasteiger partial charge in [-0.05, 0) is 43.5 Å². The topological polar surface area (TPSA) is 55.1 Å². The van der Waals surface area contributed by atoms with E-state index in [1.807, 2.05) is 19.9 Å². The fraction of sp³-hybridized carbons (Fsp3) is 0.500. The molecule has 0 spiro atoms. The summed E-state index contributed by atoms with van der Waals surface area (Å²) in [5, 5.41) is 2.85. The van der Waals surface area contributed by atoms with Crippen molar-refractivity contribution in [2.75, 3.05) is 6.54 Å². The summed E-state index contributed by atoms with van der Waals surface area (Å²) in [4.78, 5) is 11.7. The molecule has 0 heterocycles. The molecule has 0 saturated heterocycles. The van der Waals surface area contributed by atoms with Gasteiger partial charge in [-0.15, -0.1) is 0 Å². The van der Waals surface area contributed by atoms with Crippen LogP contribution in [0.25, 0.3) is 0 Å². The first-order valence-corrected chi connectivity index (χ1v) is 6.19. The number of hydrogen-bond acceptors (Lipinski definition) is 2. The Morgan fingerprint density at radius 1 is 1.44 bits per heavy atom. The highest BCUT2D eigenvalue weighted by atomic mass is 19.1. The van der Waals surface area contributed by atoms with Crippen LogP contribution >= 0.6 is 0 Å². The van der Waals surface area contributed by atoms with Crippen LogP contribution in [-0.4, -0.2) is 12.5 Å². The molecule has 2 atom stereocenters. The van der Waals surface area contributed by atoms with E-state index in [2.05, 4.69) is 5.32 Å². The lowest BCUT2D eigenvalue weighted by Crippen LogP contribution is -2.29. The van der Waals surface area contributed by atoms with E-state index in [-0.39, 0.29) is 23.7 Å². The lowest BCUT2D eigenvalue weighted by Gasteiger charge is -2.16. The highest BCUT2D eigenvalue weighted by Gasteiger charge is 2.13. The van der Waals surface area contributed by atoms with Crippen LogP contribution in [-0.2, 0) is 4.79 Å². The third kappa shape index (κ3) is 4.11. The average molecular weight is 252 g/mol. The van der Waals surface area contributed by atoms with Crippen LogP contribution in [0, 0.1) is 18.7 Å². The molecule has 0 aliphatic heterocycles. The van der Waals surface area contributed by atoms with E-state index < -0.39 is 0 Å². The number of halogens is 1. The van der Waals surface area contributed by atoms with E-state index in [9.17, 15) is 9.18 Å². The standard InChI is InChI=1S/C14H21FN2O/c1-9(8-16)6-14(18)17-11(3)12-5-4-10(2)13(15)7-12/h4-5,7,9,11H,6,8,16H2,1-3H3,(H,17,18). The lowest BCUT2D eigenvalue weighted by molar-refractivity contribution is -0.122. The number of nitrogens with one attached hydrogen (secondary N) is 1. The largest absolute Gasteiger partial charge is 0.350 e. The molecule has 18 heavy (non-hydrogen) atoms. The SMILES string of the molecule is Cc1ccc(C(C)NC(=O)CC(C)CN)cc1F. The maximum Gasteiger partial charge on any atom is 0.220 e. The summed E-state index contributed by atoms with van der Waals surface area (Å²) in [5.41, 5.74) is 6.84. The minimum absolute atomic E-state index is 0.0542. The maximum atomic E-state index is 13.4. The molecule has 0 aliphatic carbocycles. The first-order valence-electron chi connectivity index (χ1n) is 6.19. The van der Waals surface area contributed by atoms with Gasteiger partial charge in [0, 0.05) is 6.42 Å². The summed E-state index contributed by atoms with van der Waals surface area (Å²) in [7, 11) is 0. The Morgan fingerprint density at radius 2 is 2.11 bits per heavy atom. The number of hydrogen-bond donors (Lipinski definition) is 2. The second-order valence-electron chi connectivity index (χ2n) is 4.84. The highest BCUT2D eigenvalue weighted by molar-refractivity contribution is 5.76. The van der Waals surface area contributed by atoms with Crippen molar-refractivity contribution in [1.29, 1.82) is 0 Å². The maximum absolute atomic E-state index is 13.4. The monoisotopic (exact) mass is 252 g/mol. The summed E-state index contributed by atoms with van der Waals surface area (Å²) < 4.78 is 13.4. The van der Waals surface area contributed by atoms with Crippen LogP contribution in [0.3, 0.4) is 0 Å². The molecule has 1 rings (SSSR count). The van der Waals surface area contributed by atoms with Crippen molar-refractivity contribution >= 4 is 5.91 Å². The first kappa shape index (κ1) is 14.6. The van der Waals surface area contributed by atoms with E-state index in [1.54, 1.807) is 13.0 Å². The Bertz CT molecular complexity index is 420. The van der Waals surface area contributed by atoms with Crippen LogP contribution in [0.1, 0.15) is 37.4 Å². The van der Waals surface area contributed by atoms with Gasteiger partial charge < -0.3 is 11.1 Å². The van der Waals surface area contributed by atoms with Gasteiger partial charge in [0.05, 0.1) is 6.04 Å². The van der Waals surface area contributed by atoms with Crippen LogP contribution in [0.5, 0.6) is 0 Å². The fourth-order valence-corrected chi connectivity index (χ4v) is 1.66. The number of nitrogens with two attached hydrogens (primary N) is 1. The fourth-order valence-electron chi connectivity index (χ4n) is 1.66. The molecule has 0 aromatic heterocycles. The Morgan fingerprint density at radius 3 is 2.67 bits per heavy atom. The van der Waals surface area contributed by atoms with Crippen LogP contribution < -0.4 is 11.1 Å². The second kappa shape index (κ2) is 6.50. The number of aryl methyl sites for hydroxylation is 1. The summed E-state index contributed by atoms with van der Waals surface area (Å²) in [6, 6.07) is 4.82. The number of carbonyl (C=O) groups excluding carboxylic acids is 1. The van der Waals surface area contributed by atoms with Crippen molar-refractivity contribution in [3.05, 3.63) is 35.1 Å². The summed E-state index contributed by atoms with van der Waals surface area (Å²) >= 11 is 0. The van der Waals surface area contributed by atoms with Gasteiger partial charge >= 0.3 is 0 Å². The van der Waals surface area contributed by atoms with Gasteiger partial charge in [-0.3, -0.25) is 4.79 Å². The van der Waals surface area contributed by atoms with Gasteiger partial charge in [-0.1, -0.05) is 19.1 Å². The average Bonchev–Trinajstić information content (AvgIpc) is 2.32. The number of rotatable bonds is 5. The van der Waals surface area contributed by atoms with E-state index >= 15 is 0 Å². The van der Waals surface area contributed by atoms with Crippen LogP contribution in [0.15, 0.2) is 18.2 Å². The van der Waals surface area contributed by atoms with Gasteiger partial charge in [-0.25, -0.2) is 4.39 Å². The molecule has 1 aromatic rings. The van der Waals surface area contributed by atoms with Gasteiger partial charge in [0.15, 0.2) is 0 Å². The van der Waals surface area contributed by atoms with Crippen LogP contribution in [0.2, 0.25) is 0 Å². The zero-order valence-corrected chi connectivity index (χ0v) is 11.2. The zero-order valence-electron chi connectivity index (χ0n) is 11.2. The van der Waals surface area contributed by atoms with Gasteiger partial charge in [0.25, 0.3) is 0 Å². The molecule has 3 nitrogen and oxygen atoms in total. The van der Waals surface area contributed by atoms with Crippen molar-refractivity contribution in [1.82, 2.24) is 5.32 Å². The molecule has 2 unspecified atom stereocenters. The molecule has 0 fully saturated rings. The van der Waals surface area contributed by atoms with Gasteiger partial charge in [0.1, 0.15) is 5.82 Å². The van der Waals surface area contributed by atoms with Gasteiger partial charge in [0.2, 0.25) is 5.91 Å². The van der Waals surface area contributed by atoms with E-state index in [0.717, 1.165) is 5.56 Å². The lowest BCUT2D eigenvalue weighted by atomic mass is 10.0. The predicted molar refractivity (Wildman–Crippen MR) is 70.5 cm³/mol. The van der Waals surface area contributed by atoms with E-state index in [4.69, 9.17) is 5.73 Å². The second-order valence-corrected chi connectivity index (χ2v) is 4.84. The number of benzene rings is 1. The molecular formula is C14H21FN2O. The Balaban J connectivity index is 2.62. The third-order valence-electron chi connectivity index (χ3n) is 3.01. The van der Waals surface area contributed by atoms with Crippen molar-refractivity contribution in [2.24, 2.45) is 11.7 Å². The van der Waals surface area contributed by atoms with Crippen molar-refractivity contribution in [3.63, 3.8) is 0 Å². The smallest absolute Gasteiger partial charge is 0.220 e. The molecule has 1 amide bonds. The Hall–Kier alpha value is -1.42. The normalized spacial score (nSPS) is 14.1. The zero-order chi connectivity index (χ0) is 13.7. The summed E-state index contributed by atoms with van der Waals surface area (Å²) in [6.07, 6.45) is 0.398. The molecule has 4 heteroatoms. The van der Waals surface area contributed by atoms with E-state index in [1.165, 1.54) is 6.07 Å². The van der Waals surface area contributed by atoms with Crippen molar-refractivity contribution in [2.45, 2.75) is 33.2 Å². The highest BCUT2D eigenvalue weighted by Crippen LogP contribution is 2.16. The minimum atomic E-state index is -0.246. The quantitative estimate of drug-likeness (QED) is 0.844. The third-order valence-corrected chi connectivity index (χ3v) is 3.01. The molecule has 0 aliphatic rings. The van der Waals surface area contributed by atoms with Crippen LogP contribution in [0.4, 0.5) is 4.39 Å². The predicted octanol–water partition coefficient (Wildman–Crippen LogP) is 2.30. The molecule has 100 valence electrons. The molecule has 0 bridgehead atoms. The van der Waals surface area contributed by atoms with Crippen molar-refractivity contribution < 1.29 is 9.18 Å². The molecule has 3 N–H and O–H groups in total. The first-order chi connectivity index (χ1) is 8.43. The molecule has 1 aromatic carbocycles. The minimum Gasteiger partial charge on any atom is -0.350 e. The van der Waals surface area contributed by atoms with Crippen molar-refractivity contribution in [3.8, 4) is 0 Å². The molecule has 0 saturated carbocycles. The number of amides is 1. The number of carbonyl (C=O) groups is 1. The Kier molecular flexibility index (Phi) is 5.28. The summed E-state index contributed by atoms with van der Waals surface area (Å²) in [5.74, 6) is -0.141. The molecule has 0 radical (unpaired) electrons. The Labute approximate surface area is 108 Å².